The maximum Gasteiger partial charge on any atom is 0.255 e. The third kappa shape index (κ3) is 3.21. The molecule has 2 aromatic rings. The first-order chi connectivity index (χ1) is 10.6. The molecule has 0 radical (unpaired) electrons. The van der Waals surface area contributed by atoms with Crippen molar-refractivity contribution < 1.29 is 9.53 Å². The molecule has 0 saturated heterocycles. The zero-order valence-electron chi connectivity index (χ0n) is 12.0. The Morgan fingerprint density at radius 1 is 1.14 bits per heavy atom. The lowest BCUT2D eigenvalue weighted by molar-refractivity contribution is -0.112. The number of benzene rings is 2. The van der Waals surface area contributed by atoms with Crippen LogP contribution in [0.3, 0.4) is 0 Å². The molecule has 0 fully saturated rings. The van der Waals surface area contributed by atoms with Crippen molar-refractivity contribution >= 4 is 29.3 Å². The van der Waals surface area contributed by atoms with Crippen LogP contribution in [0.4, 0.5) is 5.69 Å². The van der Waals surface area contributed by atoms with E-state index in [1.807, 2.05) is 31.2 Å². The molecule has 3 rings (SSSR count). The average Bonchev–Trinajstić information content (AvgIpc) is 2.71. The monoisotopic (exact) mass is 311 g/mol. The molecule has 0 unspecified atom stereocenters. The molecule has 0 bridgehead atoms. The summed E-state index contributed by atoms with van der Waals surface area (Å²) in [6.45, 7) is 2.00. The van der Waals surface area contributed by atoms with Gasteiger partial charge in [0.1, 0.15) is 5.75 Å². The van der Waals surface area contributed by atoms with E-state index in [0.29, 0.717) is 16.3 Å². The molecule has 22 heavy (non-hydrogen) atoms. The molecule has 1 heterocycles. The normalized spacial score (nSPS) is 12.7. The number of hydrogen-bond donors (Lipinski definition) is 1. The summed E-state index contributed by atoms with van der Waals surface area (Å²) >= 11 is 5.84. The minimum atomic E-state index is -0.198. The van der Waals surface area contributed by atoms with E-state index in [0.717, 1.165) is 16.9 Å². The number of anilines is 1. The summed E-state index contributed by atoms with van der Waals surface area (Å²) in [5.41, 5.74) is 3.21. The summed E-state index contributed by atoms with van der Waals surface area (Å²) in [5.74, 6) is 0.535. The van der Waals surface area contributed by atoms with Gasteiger partial charge in [-0.15, -0.1) is 0 Å². The quantitative estimate of drug-likeness (QED) is 0.881. The largest absolute Gasteiger partial charge is 0.464 e. The van der Waals surface area contributed by atoms with Crippen LogP contribution in [0.25, 0.3) is 6.08 Å². The van der Waals surface area contributed by atoms with E-state index in [9.17, 15) is 4.79 Å². The number of aryl methyl sites for hydroxylation is 1. The number of halogens is 1. The van der Waals surface area contributed by atoms with Crippen molar-refractivity contribution in [2.45, 2.75) is 6.92 Å². The van der Waals surface area contributed by atoms with Crippen LogP contribution in [-0.4, -0.2) is 5.91 Å². The number of hydrogen-bond acceptors (Lipinski definition) is 2. The van der Waals surface area contributed by atoms with Gasteiger partial charge >= 0.3 is 0 Å². The number of ether oxygens (including phenoxy) is 1. The zero-order valence-corrected chi connectivity index (χ0v) is 12.7. The molecule has 0 spiro atoms. The number of fused-ring (bicyclic) bond motifs is 1. The van der Waals surface area contributed by atoms with Gasteiger partial charge in [-0.25, -0.2) is 0 Å². The van der Waals surface area contributed by atoms with E-state index in [-0.39, 0.29) is 5.91 Å². The minimum absolute atomic E-state index is 0.198. The number of rotatable bonds is 2. The fourth-order valence-electron chi connectivity index (χ4n) is 2.16. The second-order valence-electron chi connectivity index (χ2n) is 5.02. The minimum Gasteiger partial charge on any atom is -0.464 e. The lowest BCUT2D eigenvalue weighted by Gasteiger charge is -2.06. The maximum atomic E-state index is 12.4. The van der Waals surface area contributed by atoms with E-state index in [2.05, 4.69) is 5.32 Å². The maximum absolute atomic E-state index is 12.4. The Hall–Kier alpha value is -2.52. The van der Waals surface area contributed by atoms with Gasteiger partial charge in [-0.1, -0.05) is 23.2 Å². The third-order valence-corrected chi connectivity index (χ3v) is 3.54. The SMILES string of the molecule is Cc1ccc2c(c1)C=C(C(=O)Nc1ccc(Cl)cc1)C=CO2. The molecule has 4 heteroatoms. The van der Waals surface area contributed by atoms with Crippen molar-refractivity contribution in [1.29, 1.82) is 0 Å². The Labute approximate surface area is 133 Å². The summed E-state index contributed by atoms with van der Waals surface area (Å²) in [7, 11) is 0. The van der Waals surface area contributed by atoms with Crippen molar-refractivity contribution in [2.24, 2.45) is 0 Å². The van der Waals surface area contributed by atoms with Gasteiger partial charge in [0.15, 0.2) is 0 Å². The summed E-state index contributed by atoms with van der Waals surface area (Å²) in [5, 5.41) is 3.47. The van der Waals surface area contributed by atoms with E-state index >= 15 is 0 Å². The molecule has 1 aliphatic heterocycles. The lowest BCUT2D eigenvalue weighted by Crippen LogP contribution is -2.12. The fraction of sp³-hybridized carbons (Fsp3) is 0.0556. The Morgan fingerprint density at radius 3 is 2.68 bits per heavy atom. The number of amides is 1. The second-order valence-corrected chi connectivity index (χ2v) is 5.46. The van der Waals surface area contributed by atoms with Crippen LogP contribution >= 0.6 is 11.6 Å². The number of nitrogens with one attached hydrogen (secondary N) is 1. The molecule has 1 N–H and O–H groups in total. The highest BCUT2D eigenvalue weighted by atomic mass is 35.5. The topological polar surface area (TPSA) is 38.3 Å². The smallest absolute Gasteiger partial charge is 0.255 e. The molecule has 0 saturated carbocycles. The molecule has 0 aromatic heterocycles. The zero-order chi connectivity index (χ0) is 15.5. The van der Waals surface area contributed by atoms with Crippen LogP contribution in [0.15, 0.2) is 60.4 Å². The van der Waals surface area contributed by atoms with E-state index in [1.54, 1.807) is 30.3 Å². The Morgan fingerprint density at radius 2 is 1.91 bits per heavy atom. The van der Waals surface area contributed by atoms with Gasteiger partial charge in [-0.3, -0.25) is 4.79 Å². The highest BCUT2D eigenvalue weighted by Gasteiger charge is 2.12. The van der Waals surface area contributed by atoms with Gasteiger partial charge in [0.05, 0.1) is 6.26 Å². The van der Waals surface area contributed by atoms with Gasteiger partial charge in [-0.05, 0) is 55.5 Å². The summed E-state index contributed by atoms with van der Waals surface area (Å²) in [6, 6.07) is 12.8. The third-order valence-electron chi connectivity index (χ3n) is 3.28. The fourth-order valence-corrected chi connectivity index (χ4v) is 2.29. The van der Waals surface area contributed by atoms with Crippen molar-refractivity contribution in [3.8, 4) is 5.75 Å². The molecule has 0 atom stereocenters. The van der Waals surface area contributed by atoms with Crippen molar-refractivity contribution in [3.63, 3.8) is 0 Å². The number of carbonyl (C=O) groups excluding carboxylic acids is 1. The first-order valence-electron chi connectivity index (χ1n) is 6.84. The van der Waals surface area contributed by atoms with Gasteiger partial charge in [0, 0.05) is 21.8 Å². The lowest BCUT2D eigenvalue weighted by atomic mass is 10.1. The second kappa shape index (κ2) is 6.08. The highest BCUT2D eigenvalue weighted by Crippen LogP contribution is 2.26. The number of carbonyl (C=O) groups is 1. The van der Waals surface area contributed by atoms with Crippen LogP contribution in [0.1, 0.15) is 11.1 Å². The standard InChI is InChI=1S/C18H14ClNO2/c1-12-2-7-17-14(10-12)11-13(8-9-22-17)18(21)20-16-5-3-15(19)4-6-16/h2-11H,1H3,(H,20,21). The van der Waals surface area contributed by atoms with Crippen LogP contribution in [0.2, 0.25) is 5.02 Å². The van der Waals surface area contributed by atoms with Crippen molar-refractivity contribution in [2.75, 3.05) is 5.32 Å². The summed E-state index contributed by atoms with van der Waals surface area (Å²) in [6.07, 6.45) is 4.99. The Balaban J connectivity index is 1.86. The predicted octanol–water partition coefficient (Wildman–Crippen LogP) is 4.58. The van der Waals surface area contributed by atoms with Crippen molar-refractivity contribution in [1.82, 2.24) is 0 Å². The molecule has 0 aliphatic carbocycles. The predicted molar refractivity (Wildman–Crippen MR) is 89.0 cm³/mol. The summed E-state index contributed by atoms with van der Waals surface area (Å²) in [4.78, 5) is 12.4. The van der Waals surface area contributed by atoms with Crippen molar-refractivity contribution in [3.05, 3.63) is 76.5 Å². The van der Waals surface area contributed by atoms with E-state index < -0.39 is 0 Å². The Kier molecular flexibility index (Phi) is 3.98. The molecular weight excluding hydrogens is 298 g/mol. The average molecular weight is 312 g/mol. The molecule has 110 valence electrons. The molecule has 2 aromatic carbocycles. The van der Waals surface area contributed by atoms with Gasteiger partial charge in [0.25, 0.3) is 5.91 Å². The van der Waals surface area contributed by atoms with E-state index in [4.69, 9.17) is 16.3 Å². The van der Waals surface area contributed by atoms with Crippen LogP contribution < -0.4 is 10.1 Å². The molecule has 3 nitrogen and oxygen atoms in total. The van der Waals surface area contributed by atoms with Crippen LogP contribution in [0, 0.1) is 6.92 Å². The van der Waals surface area contributed by atoms with Crippen LogP contribution in [-0.2, 0) is 4.79 Å². The van der Waals surface area contributed by atoms with E-state index in [1.165, 1.54) is 6.26 Å². The first-order valence-corrected chi connectivity index (χ1v) is 7.22. The summed E-state index contributed by atoms with van der Waals surface area (Å²) < 4.78 is 5.52. The molecular formula is C18H14ClNO2. The van der Waals surface area contributed by atoms with Gasteiger partial charge in [-0.2, -0.15) is 0 Å². The van der Waals surface area contributed by atoms with Crippen LogP contribution in [0.5, 0.6) is 5.75 Å². The highest BCUT2D eigenvalue weighted by molar-refractivity contribution is 6.30. The van der Waals surface area contributed by atoms with Gasteiger partial charge in [0.2, 0.25) is 0 Å². The molecule has 1 amide bonds. The first kappa shape index (κ1) is 14.4. The van der Waals surface area contributed by atoms with Gasteiger partial charge < -0.3 is 10.1 Å². The Bertz CT molecular complexity index is 776. The molecule has 1 aliphatic rings.